The zero-order valence-electron chi connectivity index (χ0n) is 8.66. The summed E-state index contributed by atoms with van der Waals surface area (Å²) >= 11 is 0. The van der Waals surface area contributed by atoms with Crippen LogP contribution in [0.5, 0.6) is 0 Å². The molecule has 0 saturated carbocycles. The van der Waals surface area contributed by atoms with Crippen molar-refractivity contribution in [2.75, 3.05) is 20.3 Å². The van der Waals surface area contributed by atoms with Gasteiger partial charge in [0, 0.05) is 19.6 Å². The van der Waals surface area contributed by atoms with Crippen molar-refractivity contribution < 1.29 is 17.9 Å². The van der Waals surface area contributed by atoms with Crippen LogP contribution in [0.1, 0.15) is 26.2 Å². The standard InChI is InChI=1S/C9H18F3NO/c1-8(7-14-2)13-6-4-3-5-9(10,11)12/h8,13H,3-7H2,1-2H3. The molecule has 0 aromatic carbocycles. The number of hydrogen-bond acceptors (Lipinski definition) is 2. The van der Waals surface area contributed by atoms with Gasteiger partial charge in [0.1, 0.15) is 0 Å². The number of methoxy groups -OCH3 is 1. The van der Waals surface area contributed by atoms with Gasteiger partial charge in [0.25, 0.3) is 0 Å². The predicted molar refractivity (Wildman–Crippen MR) is 49.2 cm³/mol. The Labute approximate surface area is 82.8 Å². The molecule has 0 spiro atoms. The van der Waals surface area contributed by atoms with Crippen molar-refractivity contribution in [2.45, 2.75) is 38.4 Å². The van der Waals surface area contributed by atoms with Gasteiger partial charge in [-0.05, 0) is 26.3 Å². The summed E-state index contributed by atoms with van der Waals surface area (Å²) < 4.78 is 40.0. The largest absolute Gasteiger partial charge is 0.389 e. The number of rotatable bonds is 7. The molecule has 2 nitrogen and oxygen atoms in total. The van der Waals surface area contributed by atoms with E-state index in [9.17, 15) is 13.2 Å². The van der Waals surface area contributed by atoms with Gasteiger partial charge in [-0.25, -0.2) is 0 Å². The van der Waals surface area contributed by atoms with Gasteiger partial charge in [-0.3, -0.25) is 0 Å². The zero-order valence-corrected chi connectivity index (χ0v) is 8.66. The molecule has 0 radical (unpaired) electrons. The van der Waals surface area contributed by atoms with E-state index in [1.807, 2.05) is 6.92 Å². The van der Waals surface area contributed by atoms with Crippen molar-refractivity contribution in [3.8, 4) is 0 Å². The Hall–Kier alpha value is -0.290. The maximum atomic E-state index is 11.7. The molecule has 5 heteroatoms. The quantitative estimate of drug-likeness (QED) is 0.655. The van der Waals surface area contributed by atoms with Crippen molar-refractivity contribution in [3.05, 3.63) is 0 Å². The fourth-order valence-electron chi connectivity index (χ4n) is 1.11. The third-order valence-electron chi connectivity index (χ3n) is 1.80. The van der Waals surface area contributed by atoms with E-state index < -0.39 is 12.6 Å². The molecule has 0 aliphatic heterocycles. The molecule has 0 amide bonds. The first-order valence-electron chi connectivity index (χ1n) is 4.75. The van der Waals surface area contributed by atoms with E-state index in [-0.39, 0.29) is 12.5 Å². The molecule has 0 rings (SSSR count). The summed E-state index contributed by atoms with van der Waals surface area (Å²) in [6.45, 7) is 3.13. The van der Waals surface area contributed by atoms with Gasteiger partial charge in [0.15, 0.2) is 0 Å². The van der Waals surface area contributed by atoms with Gasteiger partial charge in [-0.15, -0.1) is 0 Å². The van der Waals surface area contributed by atoms with E-state index in [2.05, 4.69) is 5.32 Å². The second-order valence-electron chi connectivity index (χ2n) is 3.38. The summed E-state index contributed by atoms with van der Waals surface area (Å²) in [6, 6.07) is 0.200. The second kappa shape index (κ2) is 7.06. The molecule has 1 N–H and O–H groups in total. The number of unbranched alkanes of at least 4 members (excludes halogenated alkanes) is 1. The van der Waals surface area contributed by atoms with E-state index in [0.29, 0.717) is 19.6 Å². The van der Waals surface area contributed by atoms with Gasteiger partial charge >= 0.3 is 6.18 Å². The lowest BCUT2D eigenvalue weighted by Crippen LogP contribution is -2.31. The molecule has 0 aliphatic rings. The van der Waals surface area contributed by atoms with Crippen LogP contribution in [0.4, 0.5) is 13.2 Å². The molecule has 0 aliphatic carbocycles. The first-order valence-corrected chi connectivity index (χ1v) is 4.75. The third kappa shape index (κ3) is 9.80. The smallest absolute Gasteiger partial charge is 0.383 e. The third-order valence-corrected chi connectivity index (χ3v) is 1.80. The average Bonchev–Trinajstić information content (AvgIpc) is 2.02. The molecule has 1 atom stereocenters. The molecular weight excluding hydrogens is 195 g/mol. The molecule has 0 bridgehead atoms. The van der Waals surface area contributed by atoms with Crippen LogP contribution in [0, 0.1) is 0 Å². The first kappa shape index (κ1) is 13.7. The molecule has 0 aromatic rings. The Morgan fingerprint density at radius 3 is 2.43 bits per heavy atom. The highest BCUT2D eigenvalue weighted by molar-refractivity contribution is 4.59. The SMILES string of the molecule is COCC(C)NCCCCC(F)(F)F. The monoisotopic (exact) mass is 213 g/mol. The molecule has 0 aromatic heterocycles. The summed E-state index contributed by atoms with van der Waals surface area (Å²) in [5.74, 6) is 0. The minimum atomic E-state index is -4.02. The maximum absolute atomic E-state index is 11.7. The second-order valence-corrected chi connectivity index (χ2v) is 3.38. The lowest BCUT2D eigenvalue weighted by molar-refractivity contribution is -0.135. The van der Waals surface area contributed by atoms with Gasteiger partial charge in [0.2, 0.25) is 0 Å². The van der Waals surface area contributed by atoms with Crippen LogP contribution in [0.2, 0.25) is 0 Å². The lowest BCUT2D eigenvalue weighted by atomic mass is 10.2. The molecule has 0 heterocycles. The zero-order chi connectivity index (χ0) is 11.0. The molecule has 0 fully saturated rings. The Bertz CT molecular complexity index is 139. The van der Waals surface area contributed by atoms with Crippen LogP contribution in [0.25, 0.3) is 0 Å². The van der Waals surface area contributed by atoms with Gasteiger partial charge in [-0.2, -0.15) is 13.2 Å². The number of hydrogen-bond donors (Lipinski definition) is 1. The minimum Gasteiger partial charge on any atom is -0.383 e. The number of halogens is 3. The fourth-order valence-corrected chi connectivity index (χ4v) is 1.11. The Balaban J connectivity index is 3.21. The van der Waals surface area contributed by atoms with Crippen LogP contribution >= 0.6 is 0 Å². The fraction of sp³-hybridized carbons (Fsp3) is 1.00. The summed E-state index contributed by atoms with van der Waals surface area (Å²) in [5.41, 5.74) is 0. The molecule has 14 heavy (non-hydrogen) atoms. The van der Waals surface area contributed by atoms with Crippen LogP contribution in [0.15, 0.2) is 0 Å². The predicted octanol–water partition coefficient (Wildman–Crippen LogP) is 2.34. The summed E-state index contributed by atoms with van der Waals surface area (Å²) in [7, 11) is 1.60. The van der Waals surface area contributed by atoms with Crippen LogP contribution in [-0.2, 0) is 4.74 Å². The Kier molecular flexibility index (Phi) is 6.92. The highest BCUT2D eigenvalue weighted by Crippen LogP contribution is 2.21. The number of alkyl halides is 3. The lowest BCUT2D eigenvalue weighted by Gasteiger charge is -2.12. The summed E-state index contributed by atoms with van der Waals surface area (Å²) in [6.07, 6.45) is -3.96. The highest BCUT2D eigenvalue weighted by atomic mass is 19.4. The topological polar surface area (TPSA) is 21.3 Å². The van der Waals surface area contributed by atoms with E-state index in [1.165, 1.54) is 0 Å². The average molecular weight is 213 g/mol. The van der Waals surface area contributed by atoms with Crippen LogP contribution in [-0.4, -0.2) is 32.5 Å². The van der Waals surface area contributed by atoms with Crippen molar-refractivity contribution in [3.63, 3.8) is 0 Å². The summed E-state index contributed by atoms with van der Waals surface area (Å²) in [5, 5.41) is 3.08. The van der Waals surface area contributed by atoms with Crippen molar-refractivity contribution >= 4 is 0 Å². The number of ether oxygens (including phenoxy) is 1. The van der Waals surface area contributed by atoms with E-state index in [4.69, 9.17) is 4.74 Å². The van der Waals surface area contributed by atoms with E-state index in [1.54, 1.807) is 7.11 Å². The minimum absolute atomic E-state index is 0.191. The molecule has 86 valence electrons. The van der Waals surface area contributed by atoms with E-state index >= 15 is 0 Å². The first-order chi connectivity index (χ1) is 6.45. The summed E-state index contributed by atoms with van der Waals surface area (Å²) in [4.78, 5) is 0. The van der Waals surface area contributed by atoms with Crippen LogP contribution in [0.3, 0.4) is 0 Å². The van der Waals surface area contributed by atoms with E-state index in [0.717, 1.165) is 0 Å². The molecular formula is C9H18F3NO. The van der Waals surface area contributed by atoms with Crippen LogP contribution < -0.4 is 5.32 Å². The molecule has 1 unspecified atom stereocenters. The van der Waals surface area contributed by atoms with Gasteiger partial charge < -0.3 is 10.1 Å². The van der Waals surface area contributed by atoms with Crippen molar-refractivity contribution in [1.82, 2.24) is 5.32 Å². The Morgan fingerprint density at radius 1 is 1.29 bits per heavy atom. The normalized spacial score (nSPS) is 14.4. The van der Waals surface area contributed by atoms with Gasteiger partial charge in [-0.1, -0.05) is 0 Å². The van der Waals surface area contributed by atoms with Gasteiger partial charge in [0.05, 0.1) is 6.61 Å². The number of nitrogens with one attached hydrogen (secondary N) is 1. The molecule has 0 saturated heterocycles. The maximum Gasteiger partial charge on any atom is 0.389 e. The van der Waals surface area contributed by atoms with Crippen molar-refractivity contribution in [1.29, 1.82) is 0 Å². The van der Waals surface area contributed by atoms with Crippen molar-refractivity contribution in [2.24, 2.45) is 0 Å². The highest BCUT2D eigenvalue weighted by Gasteiger charge is 2.25. The Morgan fingerprint density at radius 2 is 1.93 bits per heavy atom.